The number of benzene rings is 1. The van der Waals surface area contributed by atoms with Gasteiger partial charge in [-0.15, -0.1) is 0 Å². The van der Waals surface area contributed by atoms with Crippen LogP contribution in [-0.4, -0.2) is 25.1 Å². The minimum Gasteiger partial charge on any atom is -0.331 e. The molecule has 94 valence electrons. The van der Waals surface area contributed by atoms with Crippen LogP contribution in [0.5, 0.6) is 0 Å². The Hall–Kier alpha value is -2.69. The molecule has 0 saturated heterocycles. The van der Waals surface area contributed by atoms with Gasteiger partial charge in [0.25, 0.3) is 0 Å². The summed E-state index contributed by atoms with van der Waals surface area (Å²) in [5, 5.41) is 4.29. The predicted molar refractivity (Wildman–Crippen MR) is 70.2 cm³/mol. The van der Waals surface area contributed by atoms with Crippen molar-refractivity contribution in [3.05, 3.63) is 66.5 Å². The number of nitrogens with zero attached hydrogens (tertiary/aromatic N) is 4. The Morgan fingerprint density at radius 2 is 1.89 bits per heavy atom. The summed E-state index contributed by atoms with van der Waals surface area (Å²) >= 11 is 0. The normalized spacial score (nSPS) is 10.6. The van der Waals surface area contributed by atoms with E-state index in [4.69, 9.17) is 0 Å². The summed E-state index contributed by atoms with van der Waals surface area (Å²) in [6.45, 7) is 0. The second kappa shape index (κ2) is 4.53. The van der Waals surface area contributed by atoms with Crippen molar-refractivity contribution in [3.8, 4) is 5.69 Å². The number of ketones is 1. The number of aryl methyl sites for hydroxylation is 1. The zero-order valence-corrected chi connectivity index (χ0v) is 10.4. The lowest BCUT2D eigenvalue weighted by atomic mass is 10.3. The molecule has 1 aromatic carbocycles. The molecule has 0 saturated carbocycles. The zero-order valence-electron chi connectivity index (χ0n) is 10.4. The summed E-state index contributed by atoms with van der Waals surface area (Å²) in [6.07, 6.45) is 5.11. The number of hydrogen-bond acceptors (Lipinski definition) is 3. The van der Waals surface area contributed by atoms with Gasteiger partial charge in [0.05, 0.1) is 5.69 Å². The van der Waals surface area contributed by atoms with Crippen molar-refractivity contribution in [2.24, 2.45) is 7.05 Å². The van der Waals surface area contributed by atoms with Gasteiger partial charge in [0.1, 0.15) is 5.69 Å². The molecule has 0 radical (unpaired) electrons. The monoisotopic (exact) mass is 252 g/mol. The number of rotatable bonds is 3. The lowest BCUT2D eigenvalue weighted by Crippen LogP contribution is -2.10. The molecule has 2 heterocycles. The van der Waals surface area contributed by atoms with Crippen LogP contribution in [0.15, 0.2) is 55.0 Å². The van der Waals surface area contributed by atoms with Gasteiger partial charge in [0, 0.05) is 25.6 Å². The molecular formula is C14H12N4O. The Bertz CT molecular complexity index is 712. The molecule has 0 atom stereocenters. The summed E-state index contributed by atoms with van der Waals surface area (Å²) in [4.78, 5) is 16.3. The van der Waals surface area contributed by atoms with Gasteiger partial charge in [0.15, 0.2) is 5.82 Å². The van der Waals surface area contributed by atoms with Crippen LogP contribution in [0, 0.1) is 0 Å². The molecule has 3 rings (SSSR count). The minimum absolute atomic E-state index is 0.179. The van der Waals surface area contributed by atoms with Crippen molar-refractivity contribution in [1.29, 1.82) is 0 Å². The minimum atomic E-state index is -0.179. The molecule has 0 aliphatic heterocycles. The van der Waals surface area contributed by atoms with E-state index in [0.717, 1.165) is 5.69 Å². The molecule has 0 unspecified atom stereocenters. The largest absolute Gasteiger partial charge is 0.331 e. The number of para-hydroxylation sites is 1. The molecule has 0 aliphatic rings. The summed E-state index contributed by atoms with van der Waals surface area (Å²) < 4.78 is 3.36. The fourth-order valence-electron chi connectivity index (χ4n) is 1.87. The number of carbonyl (C=O) groups is 1. The summed E-state index contributed by atoms with van der Waals surface area (Å²) in [6, 6.07) is 11.4. The second-order valence-corrected chi connectivity index (χ2v) is 4.17. The Morgan fingerprint density at radius 3 is 2.58 bits per heavy atom. The fraction of sp³-hybridized carbons (Fsp3) is 0.0714. The molecule has 0 spiro atoms. The SMILES string of the molecule is Cn1ccnc1C(=O)c1ccn(-c2ccccc2)n1. The Morgan fingerprint density at radius 1 is 1.11 bits per heavy atom. The fourth-order valence-corrected chi connectivity index (χ4v) is 1.87. The maximum absolute atomic E-state index is 12.2. The number of hydrogen-bond donors (Lipinski definition) is 0. The third-order valence-corrected chi connectivity index (χ3v) is 2.87. The number of aromatic nitrogens is 4. The highest BCUT2D eigenvalue weighted by molar-refractivity contribution is 6.05. The van der Waals surface area contributed by atoms with Crippen molar-refractivity contribution in [2.45, 2.75) is 0 Å². The van der Waals surface area contributed by atoms with Gasteiger partial charge < -0.3 is 4.57 Å². The van der Waals surface area contributed by atoms with Gasteiger partial charge >= 0.3 is 0 Å². The molecule has 3 aromatic rings. The van der Waals surface area contributed by atoms with Crippen molar-refractivity contribution < 1.29 is 4.79 Å². The third-order valence-electron chi connectivity index (χ3n) is 2.87. The molecule has 0 N–H and O–H groups in total. The molecular weight excluding hydrogens is 240 g/mol. The Balaban J connectivity index is 1.94. The zero-order chi connectivity index (χ0) is 13.2. The standard InChI is InChI=1S/C14H12N4O/c1-17-10-8-15-14(17)13(19)12-7-9-18(16-12)11-5-3-2-4-6-11/h2-10H,1H3. The Kier molecular flexibility index (Phi) is 2.72. The van der Waals surface area contributed by atoms with Gasteiger partial charge in [0.2, 0.25) is 5.78 Å². The highest BCUT2D eigenvalue weighted by atomic mass is 16.1. The summed E-state index contributed by atoms with van der Waals surface area (Å²) in [7, 11) is 1.79. The van der Waals surface area contributed by atoms with Crippen LogP contribution < -0.4 is 0 Å². The van der Waals surface area contributed by atoms with Gasteiger partial charge in [-0.3, -0.25) is 4.79 Å². The molecule has 0 fully saturated rings. The van der Waals surface area contributed by atoms with Crippen LogP contribution in [-0.2, 0) is 7.05 Å². The van der Waals surface area contributed by atoms with Crippen molar-refractivity contribution in [2.75, 3.05) is 0 Å². The Labute approximate surface area is 110 Å². The molecule has 5 nitrogen and oxygen atoms in total. The van der Waals surface area contributed by atoms with E-state index in [1.165, 1.54) is 0 Å². The molecule has 0 aliphatic carbocycles. The van der Waals surface area contributed by atoms with Crippen LogP contribution >= 0.6 is 0 Å². The molecule has 0 bridgehead atoms. The molecule has 5 heteroatoms. The van der Waals surface area contributed by atoms with Crippen molar-refractivity contribution in [1.82, 2.24) is 19.3 Å². The van der Waals surface area contributed by atoms with E-state index >= 15 is 0 Å². The topological polar surface area (TPSA) is 52.7 Å². The first kappa shape index (κ1) is 11.4. The van der Waals surface area contributed by atoms with Crippen LogP contribution in [0.4, 0.5) is 0 Å². The first-order chi connectivity index (χ1) is 9.25. The lowest BCUT2D eigenvalue weighted by molar-refractivity contribution is 0.102. The van der Waals surface area contributed by atoms with E-state index in [1.807, 2.05) is 30.3 Å². The van der Waals surface area contributed by atoms with Gasteiger partial charge in [-0.1, -0.05) is 18.2 Å². The van der Waals surface area contributed by atoms with E-state index in [2.05, 4.69) is 10.1 Å². The van der Waals surface area contributed by atoms with Crippen LogP contribution in [0.2, 0.25) is 0 Å². The van der Waals surface area contributed by atoms with Crippen LogP contribution in [0.25, 0.3) is 5.69 Å². The maximum Gasteiger partial charge on any atom is 0.248 e. The summed E-state index contributed by atoms with van der Waals surface area (Å²) in [5.74, 6) is 0.209. The van der Waals surface area contributed by atoms with E-state index in [9.17, 15) is 4.79 Å². The third kappa shape index (κ3) is 2.06. The predicted octanol–water partition coefficient (Wildman–Crippen LogP) is 1.84. The molecule has 0 amide bonds. The van der Waals surface area contributed by atoms with Gasteiger partial charge in [-0.05, 0) is 18.2 Å². The van der Waals surface area contributed by atoms with Gasteiger partial charge in [-0.25, -0.2) is 9.67 Å². The second-order valence-electron chi connectivity index (χ2n) is 4.17. The van der Waals surface area contributed by atoms with Crippen LogP contribution in [0.3, 0.4) is 0 Å². The van der Waals surface area contributed by atoms with Gasteiger partial charge in [-0.2, -0.15) is 5.10 Å². The van der Waals surface area contributed by atoms with E-state index in [-0.39, 0.29) is 5.78 Å². The molecule has 2 aromatic heterocycles. The van der Waals surface area contributed by atoms with Crippen molar-refractivity contribution in [3.63, 3.8) is 0 Å². The highest BCUT2D eigenvalue weighted by Crippen LogP contribution is 2.09. The van der Waals surface area contributed by atoms with E-state index in [1.54, 1.807) is 41.0 Å². The van der Waals surface area contributed by atoms with E-state index in [0.29, 0.717) is 11.5 Å². The van der Waals surface area contributed by atoms with Crippen molar-refractivity contribution >= 4 is 5.78 Å². The summed E-state index contributed by atoms with van der Waals surface area (Å²) in [5.41, 5.74) is 1.31. The average Bonchev–Trinajstić information content (AvgIpc) is 3.08. The smallest absolute Gasteiger partial charge is 0.248 e. The van der Waals surface area contributed by atoms with E-state index < -0.39 is 0 Å². The highest BCUT2D eigenvalue weighted by Gasteiger charge is 2.16. The quantitative estimate of drug-likeness (QED) is 0.668. The lowest BCUT2D eigenvalue weighted by Gasteiger charge is -2.00. The van der Waals surface area contributed by atoms with Crippen LogP contribution in [0.1, 0.15) is 16.3 Å². The maximum atomic E-state index is 12.2. The molecule has 19 heavy (non-hydrogen) atoms. The average molecular weight is 252 g/mol. The number of imidazole rings is 1. The first-order valence-electron chi connectivity index (χ1n) is 5.89. The first-order valence-corrected chi connectivity index (χ1v) is 5.89. The number of carbonyl (C=O) groups excluding carboxylic acids is 1.